The Bertz CT molecular complexity index is 635. The second-order valence-electron chi connectivity index (χ2n) is 5.53. The molecule has 21 heavy (non-hydrogen) atoms. The number of rotatable bonds is 5. The fourth-order valence-corrected chi connectivity index (χ4v) is 3.84. The molecule has 0 saturated heterocycles. The number of aryl methyl sites for hydroxylation is 1. The van der Waals surface area contributed by atoms with E-state index in [1.165, 1.54) is 22.4 Å². The third kappa shape index (κ3) is 3.71. The normalized spacial score (nSPS) is 17.4. The topological polar surface area (TPSA) is 49.3 Å². The zero-order chi connectivity index (χ0) is 14.7. The van der Waals surface area contributed by atoms with Crippen molar-refractivity contribution in [1.29, 1.82) is 0 Å². The Balaban J connectivity index is 1.54. The van der Waals surface area contributed by atoms with E-state index in [0.29, 0.717) is 6.04 Å². The van der Waals surface area contributed by atoms with Gasteiger partial charge < -0.3 is 10.4 Å². The van der Waals surface area contributed by atoms with Crippen LogP contribution in [0.5, 0.6) is 0 Å². The Hall–Kier alpha value is -1.65. The number of carboxylic acids is 1. The molecule has 1 atom stereocenters. The Morgan fingerprint density at radius 3 is 2.76 bits per heavy atom. The standard InChI is InChI=1S/C17H19NO2S/c19-17(20)10-15-7-8-16(21-15)11-18-14-6-5-12-3-1-2-4-13(12)9-14/h1-4,7-8,14,18H,5-6,9-11H2,(H,19,20). The third-order valence-corrected chi connectivity index (χ3v) is 5.04. The largest absolute Gasteiger partial charge is 0.481 e. The number of hydrogen-bond donors (Lipinski definition) is 2. The van der Waals surface area contributed by atoms with Gasteiger partial charge in [0.15, 0.2) is 0 Å². The van der Waals surface area contributed by atoms with Crippen LogP contribution in [0.3, 0.4) is 0 Å². The minimum Gasteiger partial charge on any atom is -0.481 e. The van der Waals surface area contributed by atoms with Gasteiger partial charge in [0.2, 0.25) is 0 Å². The summed E-state index contributed by atoms with van der Waals surface area (Å²) in [5.41, 5.74) is 2.94. The van der Waals surface area contributed by atoms with Crippen LogP contribution in [0.4, 0.5) is 0 Å². The van der Waals surface area contributed by atoms with E-state index in [0.717, 1.165) is 24.3 Å². The van der Waals surface area contributed by atoms with Crippen LogP contribution in [0.1, 0.15) is 27.3 Å². The Labute approximate surface area is 128 Å². The van der Waals surface area contributed by atoms with Crippen LogP contribution in [-0.2, 0) is 30.6 Å². The molecule has 1 aromatic carbocycles. The average Bonchev–Trinajstić information content (AvgIpc) is 2.91. The number of aliphatic carboxylic acids is 1. The van der Waals surface area contributed by atoms with E-state index in [4.69, 9.17) is 5.11 Å². The second-order valence-corrected chi connectivity index (χ2v) is 6.78. The maximum absolute atomic E-state index is 10.7. The summed E-state index contributed by atoms with van der Waals surface area (Å²) < 4.78 is 0. The van der Waals surface area contributed by atoms with Crippen molar-refractivity contribution in [2.24, 2.45) is 0 Å². The molecule has 4 heteroatoms. The molecule has 3 rings (SSSR count). The van der Waals surface area contributed by atoms with Crippen molar-refractivity contribution in [1.82, 2.24) is 5.32 Å². The van der Waals surface area contributed by atoms with E-state index in [1.807, 2.05) is 12.1 Å². The molecule has 2 N–H and O–H groups in total. The van der Waals surface area contributed by atoms with Gasteiger partial charge in [0.25, 0.3) is 0 Å². The molecule has 0 spiro atoms. The summed E-state index contributed by atoms with van der Waals surface area (Å²) in [4.78, 5) is 12.8. The number of thiophene rings is 1. The highest BCUT2D eigenvalue weighted by molar-refractivity contribution is 7.12. The summed E-state index contributed by atoms with van der Waals surface area (Å²) in [6.45, 7) is 0.830. The smallest absolute Gasteiger partial charge is 0.308 e. The Morgan fingerprint density at radius 1 is 1.19 bits per heavy atom. The highest BCUT2D eigenvalue weighted by Gasteiger charge is 2.17. The fourth-order valence-electron chi connectivity index (χ4n) is 2.88. The summed E-state index contributed by atoms with van der Waals surface area (Å²) >= 11 is 1.59. The molecular weight excluding hydrogens is 282 g/mol. The number of carboxylic acid groups (broad SMARTS) is 1. The summed E-state index contributed by atoms with van der Waals surface area (Å²) in [5.74, 6) is -0.764. The van der Waals surface area contributed by atoms with Gasteiger partial charge in [-0.2, -0.15) is 0 Å². The molecular formula is C17H19NO2S. The monoisotopic (exact) mass is 301 g/mol. The van der Waals surface area contributed by atoms with Gasteiger partial charge in [-0.25, -0.2) is 0 Å². The van der Waals surface area contributed by atoms with Gasteiger partial charge in [-0.15, -0.1) is 11.3 Å². The van der Waals surface area contributed by atoms with Crippen LogP contribution < -0.4 is 5.32 Å². The lowest BCUT2D eigenvalue weighted by molar-refractivity contribution is -0.136. The van der Waals surface area contributed by atoms with Crippen molar-refractivity contribution < 1.29 is 9.90 Å². The van der Waals surface area contributed by atoms with Crippen molar-refractivity contribution in [3.05, 3.63) is 57.3 Å². The number of nitrogens with one attached hydrogen (secondary N) is 1. The van der Waals surface area contributed by atoms with Gasteiger partial charge in [-0.05, 0) is 42.5 Å². The molecule has 0 amide bonds. The number of benzene rings is 1. The van der Waals surface area contributed by atoms with Crippen LogP contribution in [0.2, 0.25) is 0 Å². The first-order valence-corrected chi connectivity index (χ1v) is 8.12. The lowest BCUT2D eigenvalue weighted by Gasteiger charge is -2.25. The molecule has 1 aliphatic rings. The van der Waals surface area contributed by atoms with Crippen LogP contribution >= 0.6 is 11.3 Å². The zero-order valence-electron chi connectivity index (χ0n) is 11.8. The van der Waals surface area contributed by atoms with Gasteiger partial charge in [0.05, 0.1) is 6.42 Å². The third-order valence-electron chi connectivity index (χ3n) is 3.95. The van der Waals surface area contributed by atoms with Crippen LogP contribution in [0.15, 0.2) is 36.4 Å². The quantitative estimate of drug-likeness (QED) is 0.892. The summed E-state index contributed by atoms with van der Waals surface area (Å²) in [5, 5.41) is 12.4. The number of fused-ring (bicyclic) bond motifs is 1. The average molecular weight is 301 g/mol. The maximum atomic E-state index is 10.7. The molecule has 110 valence electrons. The molecule has 3 nitrogen and oxygen atoms in total. The summed E-state index contributed by atoms with van der Waals surface area (Å²) in [7, 11) is 0. The minimum absolute atomic E-state index is 0.126. The first kappa shape index (κ1) is 14.3. The zero-order valence-corrected chi connectivity index (χ0v) is 12.7. The van der Waals surface area contributed by atoms with Gasteiger partial charge in [0.1, 0.15) is 0 Å². The van der Waals surface area contributed by atoms with Crippen molar-refractivity contribution in [3.8, 4) is 0 Å². The van der Waals surface area contributed by atoms with Gasteiger partial charge >= 0.3 is 5.97 Å². The van der Waals surface area contributed by atoms with Gasteiger partial charge in [-0.1, -0.05) is 24.3 Å². The summed E-state index contributed by atoms with van der Waals surface area (Å²) in [6.07, 6.45) is 3.53. The minimum atomic E-state index is -0.764. The predicted octanol–water partition coefficient (Wildman–Crippen LogP) is 3.02. The molecule has 1 unspecified atom stereocenters. The second kappa shape index (κ2) is 6.41. The van der Waals surface area contributed by atoms with Crippen LogP contribution in [0, 0.1) is 0 Å². The number of carbonyl (C=O) groups is 1. The highest BCUT2D eigenvalue weighted by atomic mass is 32.1. The molecule has 0 bridgehead atoms. The summed E-state index contributed by atoms with van der Waals surface area (Å²) in [6, 6.07) is 13.1. The maximum Gasteiger partial charge on any atom is 0.308 e. The van der Waals surface area contributed by atoms with Crippen molar-refractivity contribution in [2.45, 2.75) is 38.3 Å². The van der Waals surface area contributed by atoms with Gasteiger partial charge in [-0.3, -0.25) is 4.79 Å². The van der Waals surface area contributed by atoms with Gasteiger partial charge in [0, 0.05) is 22.3 Å². The van der Waals surface area contributed by atoms with E-state index < -0.39 is 5.97 Å². The van der Waals surface area contributed by atoms with Crippen molar-refractivity contribution >= 4 is 17.3 Å². The molecule has 1 heterocycles. The van der Waals surface area contributed by atoms with Crippen molar-refractivity contribution in [3.63, 3.8) is 0 Å². The highest BCUT2D eigenvalue weighted by Crippen LogP contribution is 2.22. The van der Waals surface area contributed by atoms with E-state index in [-0.39, 0.29) is 6.42 Å². The fraction of sp³-hybridized carbons (Fsp3) is 0.353. The van der Waals surface area contributed by atoms with E-state index in [1.54, 1.807) is 11.3 Å². The van der Waals surface area contributed by atoms with E-state index in [2.05, 4.69) is 29.6 Å². The Morgan fingerprint density at radius 2 is 1.95 bits per heavy atom. The SMILES string of the molecule is O=C(O)Cc1ccc(CNC2CCc3ccccc3C2)s1. The predicted molar refractivity (Wildman–Crippen MR) is 84.8 cm³/mol. The van der Waals surface area contributed by atoms with Crippen LogP contribution in [0.25, 0.3) is 0 Å². The first-order chi connectivity index (χ1) is 10.2. The molecule has 0 fully saturated rings. The van der Waals surface area contributed by atoms with Crippen molar-refractivity contribution in [2.75, 3.05) is 0 Å². The molecule has 0 radical (unpaired) electrons. The molecule has 0 saturated carbocycles. The molecule has 0 aliphatic heterocycles. The first-order valence-electron chi connectivity index (χ1n) is 7.30. The number of hydrogen-bond acceptors (Lipinski definition) is 3. The van der Waals surface area contributed by atoms with Crippen LogP contribution in [-0.4, -0.2) is 17.1 Å². The molecule has 1 aliphatic carbocycles. The van der Waals surface area contributed by atoms with E-state index >= 15 is 0 Å². The lowest BCUT2D eigenvalue weighted by atomic mass is 9.88. The lowest BCUT2D eigenvalue weighted by Crippen LogP contribution is -2.33. The molecule has 1 aromatic heterocycles. The molecule has 2 aromatic rings. The van der Waals surface area contributed by atoms with E-state index in [9.17, 15) is 4.79 Å². The Kier molecular flexibility index (Phi) is 4.36.